The second-order valence-corrected chi connectivity index (χ2v) is 10.1. The summed E-state index contributed by atoms with van der Waals surface area (Å²) in [5.74, 6) is -2.81. The van der Waals surface area contributed by atoms with Crippen molar-refractivity contribution < 1.29 is 17.6 Å². The van der Waals surface area contributed by atoms with Crippen molar-refractivity contribution in [1.82, 2.24) is 24.7 Å². The van der Waals surface area contributed by atoms with Crippen LogP contribution < -0.4 is 10.2 Å². The van der Waals surface area contributed by atoms with Crippen LogP contribution in [0.3, 0.4) is 0 Å². The van der Waals surface area contributed by atoms with Crippen LogP contribution in [0.15, 0.2) is 18.5 Å². The molecule has 1 aliphatic carbocycles. The van der Waals surface area contributed by atoms with Gasteiger partial charge in [0.1, 0.15) is 12.2 Å². The Morgan fingerprint density at radius 3 is 2.47 bits per heavy atom. The maximum Gasteiger partial charge on any atom is 0.242 e. The van der Waals surface area contributed by atoms with Crippen LogP contribution >= 0.6 is 0 Å². The minimum absolute atomic E-state index is 0.103. The number of aromatic nitrogens is 5. The molecule has 1 N–H and O–H groups in total. The zero-order chi connectivity index (χ0) is 25.0. The highest BCUT2D eigenvalue weighted by Gasteiger charge is 2.43. The Hall–Kier alpha value is -3.24. The first-order valence-electron chi connectivity index (χ1n) is 12.5. The molecule has 0 radical (unpaired) electrons. The van der Waals surface area contributed by atoms with Gasteiger partial charge >= 0.3 is 0 Å². The van der Waals surface area contributed by atoms with Crippen molar-refractivity contribution in [2.24, 2.45) is 11.8 Å². The van der Waals surface area contributed by atoms with Crippen LogP contribution in [0, 0.1) is 42.0 Å². The van der Waals surface area contributed by atoms with E-state index in [0.717, 1.165) is 31.7 Å². The van der Waals surface area contributed by atoms with E-state index in [1.165, 1.54) is 12.4 Å². The van der Waals surface area contributed by atoms with E-state index < -0.39 is 23.4 Å². The first-order valence-corrected chi connectivity index (χ1v) is 12.5. The lowest BCUT2D eigenvalue weighted by Gasteiger charge is -2.38. The second-order valence-electron chi connectivity index (χ2n) is 10.1. The molecule has 2 bridgehead atoms. The number of hydrogen-bond acceptors (Lipinski definition) is 6. The predicted octanol–water partition coefficient (Wildman–Crippen LogP) is 4.58. The van der Waals surface area contributed by atoms with Crippen molar-refractivity contribution in [3.8, 4) is 0 Å². The lowest BCUT2D eigenvalue weighted by atomic mass is 9.92. The SMILES string of the molecule is Cc1ncnc(N2C[C@H]3CC[C@@H](C2)C3Nc2nc3n(n2)CCCCC3c2ccc(F)c(F)c2F)c1F. The Morgan fingerprint density at radius 2 is 1.69 bits per heavy atom. The number of anilines is 2. The van der Waals surface area contributed by atoms with E-state index in [2.05, 4.69) is 20.4 Å². The van der Waals surface area contributed by atoms with E-state index in [9.17, 15) is 17.6 Å². The number of piperidine rings is 1. The number of nitrogens with zero attached hydrogens (tertiary/aromatic N) is 6. The Balaban J connectivity index is 1.24. The number of hydrogen-bond donors (Lipinski definition) is 1. The average molecular weight is 502 g/mol. The Morgan fingerprint density at radius 1 is 0.917 bits per heavy atom. The van der Waals surface area contributed by atoms with Crippen molar-refractivity contribution in [3.63, 3.8) is 0 Å². The lowest BCUT2D eigenvalue weighted by molar-refractivity contribution is 0.371. The summed E-state index contributed by atoms with van der Waals surface area (Å²) in [7, 11) is 0. The first-order chi connectivity index (χ1) is 17.4. The molecule has 1 saturated heterocycles. The number of aryl methyl sites for hydroxylation is 2. The van der Waals surface area contributed by atoms with Gasteiger partial charge in [0.2, 0.25) is 5.95 Å². The molecule has 3 aliphatic rings. The van der Waals surface area contributed by atoms with Crippen LogP contribution in [-0.4, -0.2) is 43.9 Å². The summed E-state index contributed by atoms with van der Waals surface area (Å²) in [6.45, 7) is 3.59. The molecule has 11 heteroatoms. The van der Waals surface area contributed by atoms with Gasteiger partial charge in [-0.2, -0.15) is 4.98 Å². The number of benzene rings is 1. The Kier molecular flexibility index (Phi) is 5.80. The number of rotatable bonds is 4. The highest BCUT2D eigenvalue weighted by Crippen LogP contribution is 2.41. The molecule has 4 atom stereocenters. The van der Waals surface area contributed by atoms with E-state index in [-0.39, 0.29) is 29.3 Å². The molecule has 2 fully saturated rings. The number of nitrogens with one attached hydrogen (secondary N) is 1. The van der Waals surface area contributed by atoms with Gasteiger partial charge in [-0.1, -0.05) is 12.5 Å². The van der Waals surface area contributed by atoms with Crippen LogP contribution in [-0.2, 0) is 6.54 Å². The van der Waals surface area contributed by atoms with E-state index in [1.807, 2.05) is 4.90 Å². The maximum atomic E-state index is 14.7. The van der Waals surface area contributed by atoms with Gasteiger partial charge in [-0.25, -0.2) is 32.2 Å². The van der Waals surface area contributed by atoms with Crippen molar-refractivity contribution in [1.29, 1.82) is 0 Å². The Labute approximate surface area is 206 Å². The van der Waals surface area contributed by atoms with E-state index in [0.29, 0.717) is 49.3 Å². The van der Waals surface area contributed by atoms with Gasteiger partial charge in [0.15, 0.2) is 29.1 Å². The zero-order valence-corrected chi connectivity index (χ0v) is 19.9. The largest absolute Gasteiger partial charge is 0.353 e. The third-order valence-electron chi connectivity index (χ3n) is 7.94. The zero-order valence-electron chi connectivity index (χ0n) is 19.9. The van der Waals surface area contributed by atoms with Crippen molar-refractivity contribution in [2.75, 3.05) is 23.3 Å². The molecule has 7 nitrogen and oxygen atoms in total. The van der Waals surface area contributed by atoms with Crippen molar-refractivity contribution >= 4 is 11.8 Å². The van der Waals surface area contributed by atoms with Crippen LogP contribution in [0.4, 0.5) is 29.3 Å². The fourth-order valence-electron chi connectivity index (χ4n) is 6.13. The van der Waals surface area contributed by atoms with Crippen LogP contribution in [0.25, 0.3) is 0 Å². The molecule has 0 spiro atoms. The van der Waals surface area contributed by atoms with Gasteiger partial charge in [0, 0.05) is 37.2 Å². The molecule has 1 saturated carbocycles. The summed E-state index contributed by atoms with van der Waals surface area (Å²) in [4.78, 5) is 14.8. The average Bonchev–Trinajstić information content (AvgIpc) is 3.27. The molecule has 3 aromatic rings. The summed E-state index contributed by atoms with van der Waals surface area (Å²) in [6, 6.07) is 2.39. The first kappa shape index (κ1) is 23.2. The molecule has 4 heterocycles. The molecular weight excluding hydrogens is 474 g/mol. The highest BCUT2D eigenvalue weighted by atomic mass is 19.2. The molecule has 6 rings (SSSR count). The highest BCUT2D eigenvalue weighted by molar-refractivity contribution is 5.43. The molecule has 1 aromatic carbocycles. The van der Waals surface area contributed by atoms with Crippen molar-refractivity contribution in [3.05, 3.63) is 58.8 Å². The topological polar surface area (TPSA) is 71.8 Å². The van der Waals surface area contributed by atoms with Gasteiger partial charge in [0.25, 0.3) is 0 Å². The summed E-state index contributed by atoms with van der Waals surface area (Å²) in [5, 5.41) is 8.16. The van der Waals surface area contributed by atoms with Gasteiger partial charge < -0.3 is 10.2 Å². The molecule has 2 aromatic heterocycles. The molecule has 0 amide bonds. The standard InChI is InChI=1S/C25H27F4N7/c1-13-19(27)24(31-12-30-13)35-10-14-5-6-15(11-35)22(14)32-25-33-23-17(4-2-3-9-36(23)34-25)16-7-8-18(26)21(29)20(16)28/h7-8,12,14-15,17,22H,2-6,9-11H2,1H3,(H,32,34)/t14-,15+,17?,22?. The molecule has 2 aliphatic heterocycles. The quantitative estimate of drug-likeness (QED) is 0.417. The minimum atomic E-state index is -1.46. The second kappa shape index (κ2) is 9.01. The van der Waals surface area contributed by atoms with Gasteiger partial charge in [0.05, 0.1) is 5.69 Å². The van der Waals surface area contributed by atoms with Gasteiger partial charge in [-0.15, -0.1) is 5.10 Å². The summed E-state index contributed by atoms with van der Waals surface area (Å²) in [5.41, 5.74) is 0.440. The van der Waals surface area contributed by atoms with E-state index in [1.54, 1.807) is 11.6 Å². The predicted molar refractivity (Wildman–Crippen MR) is 125 cm³/mol. The van der Waals surface area contributed by atoms with Crippen LogP contribution in [0.2, 0.25) is 0 Å². The third kappa shape index (κ3) is 3.88. The smallest absolute Gasteiger partial charge is 0.242 e. The minimum Gasteiger partial charge on any atom is -0.353 e. The fourth-order valence-corrected chi connectivity index (χ4v) is 6.13. The Bertz CT molecular complexity index is 1280. The van der Waals surface area contributed by atoms with E-state index >= 15 is 0 Å². The molecular formula is C25H27F4N7. The summed E-state index contributed by atoms with van der Waals surface area (Å²) >= 11 is 0. The maximum absolute atomic E-state index is 14.7. The number of halogens is 4. The normalized spacial score (nSPS) is 25.5. The van der Waals surface area contributed by atoms with Gasteiger partial charge in [-0.3, -0.25) is 0 Å². The summed E-state index contributed by atoms with van der Waals surface area (Å²) in [6.07, 6.45) is 5.62. The van der Waals surface area contributed by atoms with Crippen molar-refractivity contribution in [2.45, 2.75) is 57.5 Å². The van der Waals surface area contributed by atoms with Gasteiger partial charge in [-0.05, 0) is 50.5 Å². The van der Waals surface area contributed by atoms with Crippen LogP contribution in [0.5, 0.6) is 0 Å². The molecule has 36 heavy (non-hydrogen) atoms. The summed E-state index contributed by atoms with van der Waals surface area (Å²) < 4.78 is 58.6. The number of fused-ring (bicyclic) bond motifs is 3. The monoisotopic (exact) mass is 501 g/mol. The lowest BCUT2D eigenvalue weighted by Crippen LogP contribution is -2.48. The molecule has 2 unspecified atom stereocenters. The van der Waals surface area contributed by atoms with Crippen LogP contribution in [0.1, 0.15) is 55.1 Å². The fraction of sp³-hybridized carbons (Fsp3) is 0.520. The molecule has 190 valence electrons. The third-order valence-corrected chi connectivity index (χ3v) is 7.94. The van der Waals surface area contributed by atoms with E-state index in [4.69, 9.17) is 4.98 Å².